The Hall–Kier alpha value is -0.120. The normalized spacial score (nSPS) is 26.2. The van der Waals surface area contributed by atoms with Crippen molar-refractivity contribution in [1.29, 1.82) is 0 Å². The Morgan fingerprint density at radius 2 is 2.45 bits per heavy atom. The Bertz CT molecular complexity index is 108. The van der Waals surface area contributed by atoms with Crippen LogP contribution in [0.25, 0.3) is 0 Å². The molecule has 0 aromatic heterocycles. The standard InChI is InChI=1S/C8H17NO2/c1-2-8-9(4-3-6-10)5-7-11-8/h8,10H,2-7H2,1H3. The van der Waals surface area contributed by atoms with E-state index >= 15 is 0 Å². The first-order valence-electron chi connectivity index (χ1n) is 4.35. The van der Waals surface area contributed by atoms with Crippen molar-refractivity contribution in [1.82, 2.24) is 4.90 Å². The van der Waals surface area contributed by atoms with Crippen LogP contribution in [0.1, 0.15) is 19.8 Å². The first-order valence-corrected chi connectivity index (χ1v) is 4.35. The Morgan fingerprint density at radius 1 is 1.64 bits per heavy atom. The van der Waals surface area contributed by atoms with Crippen LogP contribution in [0.4, 0.5) is 0 Å². The van der Waals surface area contributed by atoms with Crippen LogP contribution in [0.15, 0.2) is 0 Å². The van der Waals surface area contributed by atoms with Gasteiger partial charge in [0, 0.05) is 19.7 Å². The summed E-state index contributed by atoms with van der Waals surface area (Å²) in [5, 5.41) is 8.62. The molecule has 1 N–H and O–H groups in total. The molecule has 0 radical (unpaired) electrons. The van der Waals surface area contributed by atoms with E-state index in [2.05, 4.69) is 11.8 Å². The number of hydrogen-bond donors (Lipinski definition) is 1. The quantitative estimate of drug-likeness (QED) is 0.646. The van der Waals surface area contributed by atoms with Crippen LogP contribution in [0.5, 0.6) is 0 Å². The molecule has 1 saturated heterocycles. The maximum atomic E-state index is 8.62. The molecule has 0 aliphatic carbocycles. The summed E-state index contributed by atoms with van der Waals surface area (Å²) in [5.74, 6) is 0. The minimum atomic E-state index is 0.285. The van der Waals surface area contributed by atoms with Crippen molar-refractivity contribution in [2.75, 3.05) is 26.3 Å². The van der Waals surface area contributed by atoms with E-state index in [1.165, 1.54) is 0 Å². The van der Waals surface area contributed by atoms with Gasteiger partial charge in [-0.3, -0.25) is 4.90 Å². The van der Waals surface area contributed by atoms with Gasteiger partial charge in [0.1, 0.15) is 6.23 Å². The van der Waals surface area contributed by atoms with Crippen molar-refractivity contribution in [3.63, 3.8) is 0 Å². The zero-order valence-electron chi connectivity index (χ0n) is 7.12. The third-order valence-electron chi connectivity index (χ3n) is 2.05. The zero-order chi connectivity index (χ0) is 8.10. The van der Waals surface area contributed by atoms with Crippen molar-refractivity contribution in [2.45, 2.75) is 26.0 Å². The van der Waals surface area contributed by atoms with E-state index in [0.29, 0.717) is 6.23 Å². The van der Waals surface area contributed by atoms with Gasteiger partial charge in [-0.05, 0) is 12.8 Å². The lowest BCUT2D eigenvalue weighted by atomic mass is 10.3. The molecule has 0 spiro atoms. The molecule has 0 amide bonds. The number of aliphatic hydroxyl groups excluding tert-OH is 1. The molecule has 1 heterocycles. The second-order valence-electron chi connectivity index (χ2n) is 2.85. The summed E-state index contributed by atoms with van der Waals surface area (Å²) >= 11 is 0. The first kappa shape index (κ1) is 8.97. The molecule has 1 aliphatic heterocycles. The van der Waals surface area contributed by atoms with Gasteiger partial charge in [0.15, 0.2) is 0 Å². The zero-order valence-corrected chi connectivity index (χ0v) is 7.12. The number of hydrogen-bond acceptors (Lipinski definition) is 3. The van der Waals surface area contributed by atoms with Crippen molar-refractivity contribution >= 4 is 0 Å². The van der Waals surface area contributed by atoms with Crippen LogP contribution in [0.2, 0.25) is 0 Å². The minimum Gasteiger partial charge on any atom is -0.396 e. The third kappa shape index (κ3) is 2.43. The lowest BCUT2D eigenvalue weighted by Gasteiger charge is -2.20. The van der Waals surface area contributed by atoms with Gasteiger partial charge >= 0.3 is 0 Å². The van der Waals surface area contributed by atoms with Crippen LogP contribution in [0.3, 0.4) is 0 Å². The molecule has 1 unspecified atom stereocenters. The molecule has 1 aliphatic rings. The molecule has 0 aromatic carbocycles. The molecule has 66 valence electrons. The van der Waals surface area contributed by atoms with Crippen molar-refractivity contribution in [3.8, 4) is 0 Å². The average Bonchev–Trinajstić information content (AvgIpc) is 2.47. The average molecular weight is 159 g/mol. The highest BCUT2D eigenvalue weighted by atomic mass is 16.5. The van der Waals surface area contributed by atoms with Gasteiger partial charge in [-0.25, -0.2) is 0 Å². The van der Waals surface area contributed by atoms with Crippen LogP contribution < -0.4 is 0 Å². The molecule has 0 aromatic rings. The van der Waals surface area contributed by atoms with Gasteiger partial charge in [0.05, 0.1) is 6.61 Å². The van der Waals surface area contributed by atoms with Crippen LogP contribution >= 0.6 is 0 Å². The monoisotopic (exact) mass is 159 g/mol. The number of nitrogens with zero attached hydrogens (tertiary/aromatic N) is 1. The number of rotatable bonds is 4. The lowest BCUT2D eigenvalue weighted by Crippen LogP contribution is -2.30. The molecule has 1 fully saturated rings. The predicted octanol–water partition coefficient (Wildman–Crippen LogP) is 0.437. The van der Waals surface area contributed by atoms with Crippen LogP contribution in [-0.2, 0) is 4.74 Å². The van der Waals surface area contributed by atoms with Gasteiger partial charge < -0.3 is 9.84 Å². The summed E-state index contributed by atoms with van der Waals surface area (Å²) in [6, 6.07) is 0. The van der Waals surface area contributed by atoms with Gasteiger partial charge in [0.2, 0.25) is 0 Å². The summed E-state index contributed by atoms with van der Waals surface area (Å²) < 4.78 is 5.46. The highest BCUT2D eigenvalue weighted by Gasteiger charge is 2.22. The molecule has 3 heteroatoms. The van der Waals surface area contributed by atoms with E-state index in [1.54, 1.807) is 0 Å². The number of ether oxygens (including phenoxy) is 1. The Balaban J connectivity index is 2.20. The largest absolute Gasteiger partial charge is 0.396 e. The first-order chi connectivity index (χ1) is 5.38. The SMILES string of the molecule is CCC1OCCN1CCCO. The van der Waals surface area contributed by atoms with Crippen molar-refractivity contribution in [2.24, 2.45) is 0 Å². The highest BCUT2D eigenvalue weighted by molar-refractivity contribution is 4.67. The maximum absolute atomic E-state index is 8.62. The molecule has 11 heavy (non-hydrogen) atoms. The molecule has 1 rings (SSSR count). The maximum Gasteiger partial charge on any atom is 0.110 e. The Morgan fingerprint density at radius 3 is 3.09 bits per heavy atom. The van der Waals surface area contributed by atoms with Gasteiger partial charge in [-0.15, -0.1) is 0 Å². The van der Waals surface area contributed by atoms with E-state index in [-0.39, 0.29) is 6.61 Å². The summed E-state index contributed by atoms with van der Waals surface area (Å²) in [6.07, 6.45) is 2.22. The highest BCUT2D eigenvalue weighted by Crippen LogP contribution is 2.12. The van der Waals surface area contributed by atoms with E-state index in [4.69, 9.17) is 9.84 Å². The molecule has 0 bridgehead atoms. The third-order valence-corrected chi connectivity index (χ3v) is 2.05. The van der Waals surface area contributed by atoms with Crippen molar-refractivity contribution < 1.29 is 9.84 Å². The molecule has 1 atom stereocenters. The van der Waals surface area contributed by atoms with E-state index in [1.807, 2.05) is 0 Å². The minimum absolute atomic E-state index is 0.285. The number of aliphatic hydroxyl groups is 1. The smallest absolute Gasteiger partial charge is 0.110 e. The second kappa shape index (κ2) is 4.70. The lowest BCUT2D eigenvalue weighted by molar-refractivity contribution is 0.0288. The van der Waals surface area contributed by atoms with Crippen molar-refractivity contribution in [3.05, 3.63) is 0 Å². The predicted molar refractivity (Wildman–Crippen MR) is 43.3 cm³/mol. The summed E-state index contributed by atoms with van der Waals surface area (Å²) in [7, 11) is 0. The molecular weight excluding hydrogens is 142 g/mol. The Labute approximate surface area is 68.0 Å². The van der Waals surface area contributed by atoms with Crippen LogP contribution in [-0.4, -0.2) is 42.5 Å². The van der Waals surface area contributed by atoms with E-state index in [0.717, 1.165) is 32.5 Å². The summed E-state index contributed by atoms with van der Waals surface area (Å²) in [5.41, 5.74) is 0. The van der Waals surface area contributed by atoms with E-state index < -0.39 is 0 Å². The summed E-state index contributed by atoms with van der Waals surface area (Å²) in [6.45, 7) is 5.26. The van der Waals surface area contributed by atoms with Gasteiger partial charge in [0.25, 0.3) is 0 Å². The van der Waals surface area contributed by atoms with Gasteiger partial charge in [-0.2, -0.15) is 0 Å². The fourth-order valence-corrected chi connectivity index (χ4v) is 1.46. The fraction of sp³-hybridized carbons (Fsp3) is 1.00. The second-order valence-corrected chi connectivity index (χ2v) is 2.85. The molecule has 3 nitrogen and oxygen atoms in total. The summed E-state index contributed by atoms with van der Waals surface area (Å²) in [4.78, 5) is 2.29. The fourth-order valence-electron chi connectivity index (χ4n) is 1.46. The van der Waals surface area contributed by atoms with Crippen LogP contribution in [0, 0.1) is 0 Å². The van der Waals surface area contributed by atoms with E-state index in [9.17, 15) is 0 Å². The Kier molecular flexibility index (Phi) is 3.83. The molecule has 0 saturated carbocycles. The topological polar surface area (TPSA) is 32.7 Å². The van der Waals surface area contributed by atoms with Gasteiger partial charge in [-0.1, -0.05) is 6.92 Å². The molecular formula is C8H17NO2.